The van der Waals surface area contributed by atoms with Gasteiger partial charge in [-0.15, -0.1) is 0 Å². The number of benzene rings is 1. The first-order valence-corrected chi connectivity index (χ1v) is 5.85. The number of rotatable bonds is 6. The van der Waals surface area contributed by atoms with Crippen LogP contribution in [-0.2, 0) is 6.42 Å². The molecule has 0 heterocycles. The van der Waals surface area contributed by atoms with Gasteiger partial charge >= 0.3 is 0 Å². The number of Topliss-reactive ketones (excluding diaryl/α,β-unsaturated/α-hetero) is 1. The Hall–Kier alpha value is -1.66. The highest BCUT2D eigenvalue weighted by Gasteiger charge is 2.08. The molecule has 0 fully saturated rings. The van der Waals surface area contributed by atoms with Crippen molar-refractivity contribution in [2.45, 2.75) is 19.8 Å². The van der Waals surface area contributed by atoms with Gasteiger partial charge in [-0.3, -0.25) is 9.69 Å². The third-order valence-corrected chi connectivity index (χ3v) is 2.70. The quantitative estimate of drug-likeness (QED) is 0.704. The lowest BCUT2D eigenvalue weighted by molar-refractivity contribution is 0.0947. The molecule has 0 amide bonds. The van der Waals surface area contributed by atoms with Gasteiger partial charge in [0.2, 0.25) is 0 Å². The number of hydrogen-bond donors (Lipinski definition) is 0. The SMILES string of the molecule is CCc1ccc(C(=O)CN(C)CCC#N)cc1. The fourth-order valence-electron chi connectivity index (χ4n) is 1.58. The zero-order valence-electron chi connectivity index (χ0n) is 10.4. The van der Waals surface area contributed by atoms with Crippen LogP contribution < -0.4 is 0 Å². The number of nitrogens with zero attached hydrogens (tertiary/aromatic N) is 2. The maximum atomic E-state index is 11.9. The van der Waals surface area contributed by atoms with E-state index in [4.69, 9.17) is 5.26 Å². The van der Waals surface area contributed by atoms with Gasteiger partial charge in [0.05, 0.1) is 12.6 Å². The van der Waals surface area contributed by atoms with Crippen LogP contribution in [0.5, 0.6) is 0 Å². The second kappa shape index (κ2) is 6.82. The summed E-state index contributed by atoms with van der Waals surface area (Å²) in [5.74, 6) is 0.105. The Morgan fingerprint density at radius 1 is 1.35 bits per heavy atom. The summed E-state index contributed by atoms with van der Waals surface area (Å²) in [5.41, 5.74) is 1.98. The minimum atomic E-state index is 0.105. The predicted molar refractivity (Wildman–Crippen MR) is 67.9 cm³/mol. The molecule has 1 aromatic carbocycles. The molecular formula is C14H18N2O. The molecule has 0 radical (unpaired) electrons. The molecule has 90 valence electrons. The highest BCUT2D eigenvalue weighted by atomic mass is 16.1. The van der Waals surface area contributed by atoms with Gasteiger partial charge in [0.1, 0.15) is 0 Å². The molecule has 0 spiro atoms. The van der Waals surface area contributed by atoms with Gasteiger partial charge in [0.15, 0.2) is 5.78 Å². The van der Waals surface area contributed by atoms with E-state index in [1.165, 1.54) is 5.56 Å². The number of aryl methyl sites for hydroxylation is 1. The number of likely N-dealkylation sites (N-methyl/N-ethyl adjacent to an activating group) is 1. The Balaban J connectivity index is 2.54. The molecule has 3 heteroatoms. The monoisotopic (exact) mass is 230 g/mol. The lowest BCUT2D eigenvalue weighted by Gasteiger charge is -2.13. The van der Waals surface area contributed by atoms with E-state index in [1.807, 2.05) is 36.2 Å². The highest BCUT2D eigenvalue weighted by Crippen LogP contribution is 2.06. The molecule has 1 aromatic rings. The van der Waals surface area contributed by atoms with E-state index < -0.39 is 0 Å². The minimum Gasteiger partial charge on any atom is -0.298 e. The number of carbonyl (C=O) groups excluding carboxylic acids is 1. The fraction of sp³-hybridized carbons (Fsp3) is 0.429. The average Bonchev–Trinajstić information content (AvgIpc) is 2.36. The summed E-state index contributed by atoms with van der Waals surface area (Å²) in [7, 11) is 1.86. The van der Waals surface area contributed by atoms with Crippen molar-refractivity contribution in [3.63, 3.8) is 0 Å². The first kappa shape index (κ1) is 13.4. The van der Waals surface area contributed by atoms with Crippen molar-refractivity contribution in [1.82, 2.24) is 4.90 Å². The maximum Gasteiger partial charge on any atom is 0.176 e. The highest BCUT2D eigenvalue weighted by molar-refractivity contribution is 5.97. The number of nitriles is 1. The molecule has 0 saturated carbocycles. The molecular weight excluding hydrogens is 212 g/mol. The largest absolute Gasteiger partial charge is 0.298 e. The maximum absolute atomic E-state index is 11.9. The molecule has 0 aliphatic heterocycles. The summed E-state index contributed by atoms with van der Waals surface area (Å²) >= 11 is 0. The first-order chi connectivity index (χ1) is 8.17. The zero-order chi connectivity index (χ0) is 12.7. The molecule has 0 aliphatic carbocycles. The number of hydrogen-bond acceptors (Lipinski definition) is 3. The van der Waals surface area contributed by atoms with Crippen LogP contribution in [0.2, 0.25) is 0 Å². The molecule has 0 saturated heterocycles. The van der Waals surface area contributed by atoms with E-state index in [0.29, 0.717) is 19.5 Å². The molecule has 1 rings (SSSR count). The van der Waals surface area contributed by atoms with Crippen LogP contribution in [0.25, 0.3) is 0 Å². The second-order valence-electron chi connectivity index (χ2n) is 4.12. The van der Waals surface area contributed by atoms with Gasteiger partial charge in [0, 0.05) is 18.5 Å². The summed E-state index contributed by atoms with van der Waals surface area (Å²) in [5, 5.41) is 8.46. The van der Waals surface area contributed by atoms with E-state index in [1.54, 1.807) is 0 Å². The lowest BCUT2D eigenvalue weighted by Crippen LogP contribution is -2.26. The molecule has 0 N–H and O–H groups in total. The Bertz CT molecular complexity index is 403. The smallest absolute Gasteiger partial charge is 0.176 e. The van der Waals surface area contributed by atoms with Gasteiger partial charge in [0.25, 0.3) is 0 Å². The molecule has 0 atom stereocenters. The summed E-state index contributed by atoms with van der Waals surface area (Å²) < 4.78 is 0. The molecule has 3 nitrogen and oxygen atoms in total. The first-order valence-electron chi connectivity index (χ1n) is 5.85. The lowest BCUT2D eigenvalue weighted by atomic mass is 10.1. The fourth-order valence-corrected chi connectivity index (χ4v) is 1.58. The van der Waals surface area contributed by atoms with Crippen molar-refractivity contribution in [2.24, 2.45) is 0 Å². The average molecular weight is 230 g/mol. The van der Waals surface area contributed by atoms with Crippen LogP contribution in [0.4, 0.5) is 0 Å². The summed E-state index contributed by atoms with van der Waals surface area (Å²) in [4.78, 5) is 13.8. The Morgan fingerprint density at radius 3 is 2.53 bits per heavy atom. The molecule has 0 unspecified atom stereocenters. The second-order valence-corrected chi connectivity index (χ2v) is 4.12. The van der Waals surface area contributed by atoms with E-state index >= 15 is 0 Å². The van der Waals surface area contributed by atoms with E-state index in [9.17, 15) is 4.79 Å². The minimum absolute atomic E-state index is 0.105. The molecule has 17 heavy (non-hydrogen) atoms. The van der Waals surface area contributed by atoms with Crippen molar-refractivity contribution in [1.29, 1.82) is 5.26 Å². The van der Waals surface area contributed by atoms with E-state index in [0.717, 1.165) is 12.0 Å². The van der Waals surface area contributed by atoms with Crippen molar-refractivity contribution in [3.8, 4) is 6.07 Å². The van der Waals surface area contributed by atoms with Gasteiger partial charge in [-0.05, 0) is 19.0 Å². The van der Waals surface area contributed by atoms with Crippen molar-refractivity contribution in [3.05, 3.63) is 35.4 Å². The van der Waals surface area contributed by atoms with Crippen LogP contribution in [0.15, 0.2) is 24.3 Å². The standard InChI is InChI=1S/C14H18N2O/c1-3-12-5-7-13(8-6-12)14(17)11-16(2)10-4-9-15/h5-8H,3-4,10-11H2,1-2H3. The summed E-state index contributed by atoms with van der Waals surface area (Å²) in [6.07, 6.45) is 1.44. The Labute approximate surface area is 103 Å². The molecule has 0 bridgehead atoms. The van der Waals surface area contributed by atoms with Gasteiger partial charge in [-0.2, -0.15) is 5.26 Å². The van der Waals surface area contributed by atoms with E-state index in [2.05, 4.69) is 13.0 Å². The Kier molecular flexibility index (Phi) is 5.38. The van der Waals surface area contributed by atoms with Crippen molar-refractivity contribution >= 4 is 5.78 Å². The Morgan fingerprint density at radius 2 is 2.00 bits per heavy atom. The van der Waals surface area contributed by atoms with Crippen LogP contribution >= 0.6 is 0 Å². The van der Waals surface area contributed by atoms with Crippen LogP contribution in [0.1, 0.15) is 29.3 Å². The van der Waals surface area contributed by atoms with Crippen molar-refractivity contribution in [2.75, 3.05) is 20.1 Å². The normalized spacial score (nSPS) is 10.2. The molecule has 0 aliphatic rings. The van der Waals surface area contributed by atoms with E-state index in [-0.39, 0.29) is 5.78 Å². The van der Waals surface area contributed by atoms with Gasteiger partial charge in [-0.25, -0.2) is 0 Å². The summed E-state index contributed by atoms with van der Waals surface area (Å²) in [6, 6.07) is 9.80. The van der Waals surface area contributed by atoms with Crippen molar-refractivity contribution < 1.29 is 4.79 Å². The predicted octanol–water partition coefficient (Wildman–Crippen LogP) is 2.28. The number of ketones is 1. The third kappa shape index (κ3) is 4.38. The third-order valence-electron chi connectivity index (χ3n) is 2.70. The van der Waals surface area contributed by atoms with Gasteiger partial charge in [-0.1, -0.05) is 31.2 Å². The summed E-state index contributed by atoms with van der Waals surface area (Å²) in [6.45, 7) is 3.09. The van der Waals surface area contributed by atoms with Gasteiger partial charge < -0.3 is 0 Å². The van der Waals surface area contributed by atoms with Crippen LogP contribution in [0, 0.1) is 11.3 Å². The number of carbonyl (C=O) groups is 1. The topological polar surface area (TPSA) is 44.1 Å². The van der Waals surface area contributed by atoms with Crippen LogP contribution in [-0.4, -0.2) is 30.8 Å². The molecule has 0 aromatic heterocycles. The van der Waals surface area contributed by atoms with Crippen LogP contribution in [0.3, 0.4) is 0 Å². The zero-order valence-corrected chi connectivity index (χ0v) is 10.4.